The molecule has 1 aliphatic rings. The Balaban J connectivity index is 2.78. The monoisotopic (exact) mass is 165 g/mol. The zero-order valence-electron chi connectivity index (χ0n) is 6.07. The molecule has 0 unspecified atom stereocenters. The zero-order valence-corrected chi connectivity index (χ0v) is 6.89. The minimum atomic E-state index is -3.35. The molecule has 0 amide bonds. The van der Waals surface area contributed by atoms with Gasteiger partial charge in [0.1, 0.15) is 0 Å². The summed E-state index contributed by atoms with van der Waals surface area (Å²) in [7, 11) is -3.35. The maximum Gasteiger partial charge on any atom is 0.338 e. The Morgan fingerprint density at radius 1 is 1.70 bits per heavy atom. The second-order valence-electron chi connectivity index (χ2n) is 2.32. The molecule has 1 aliphatic heterocycles. The van der Waals surface area contributed by atoms with Crippen molar-refractivity contribution >= 4 is 10.3 Å². The van der Waals surface area contributed by atoms with Gasteiger partial charge < -0.3 is 0 Å². The van der Waals surface area contributed by atoms with Crippen molar-refractivity contribution in [3.63, 3.8) is 0 Å². The van der Waals surface area contributed by atoms with Crippen molar-refractivity contribution in [1.29, 1.82) is 0 Å². The summed E-state index contributed by atoms with van der Waals surface area (Å²) in [6, 6.07) is 0. The molecule has 5 heteroatoms. The van der Waals surface area contributed by atoms with Crippen molar-refractivity contribution < 1.29 is 12.6 Å². The van der Waals surface area contributed by atoms with Crippen LogP contribution in [0, 0.1) is 0 Å². The SMILES string of the molecule is CCN1C[C@H](C)OS1(=O)=O. The van der Waals surface area contributed by atoms with Gasteiger partial charge in [0.25, 0.3) is 0 Å². The molecule has 0 aromatic carbocycles. The molecule has 4 nitrogen and oxygen atoms in total. The molecule has 1 heterocycles. The maximum absolute atomic E-state index is 10.9. The predicted octanol–water partition coefficient (Wildman–Crippen LogP) is -0.0282. The predicted molar refractivity (Wildman–Crippen MR) is 36.7 cm³/mol. The highest BCUT2D eigenvalue weighted by Gasteiger charge is 2.32. The summed E-state index contributed by atoms with van der Waals surface area (Å²) in [6.07, 6.45) is -0.190. The Labute approximate surface area is 61.0 Å². The fourth-order valence-corrected chi connectivity index (χ4v) is 2.27. The zero-order chi connectivity index (χ0) is 7.78. The minimum absolute atomic E-state index is 0.190. The van der Waals surface area contributed by atoms with Crippen molar-refractivity contribution in [3.05, 3.63) is 0 Å². The van der Waals surface area contributed by atoms with E-state index in [1.807, 2.05) is 0 Å². The van der Waals surface area contributed by atoms with Gasteiger partial charge in [-0.25, -0.2) is 0 Å². The molecule has 0 saturated carbocycles. The second-order valence-corrected chi connectivity index (χ2v) is 3.88. The quantitative estimate of drug-likeness (QED) is 0.548. The molecule has 1 rings (SSSR count). The third kappa shape index (κ3) is 1.31. The Hall–Kier alpha value is -0.130. The average Bonchev–Trinajstić information content (AvgIpc) is 2.04. The van der Waals surface area contributed by atoms with Crippen molar-refractivity contribution in [1.82, 2.24) is 4.31 Å². The highest BCUT2D eigenvalue weighted by Crippen LogP contribution is 2.15. The van der Waals surface area contributed by atoms with Crippen LogP contribution in [0.3, 0.4) is 0 Å². The van der Waals surface area contributed by atoms with Gasteiger partial charge in [0.15, 0.2) is 0 Å². The van der Waals surface area contributed by atoms with E-state index in [-0.39, 0.29) is 6.10 Å². The van der Waals surface area contributed by atoms with Crippen LogP contribution in [-0.4, -0.2) is 31.9 Å². The first-order valence-corrected chi connectivity index (χ1v) is 4.61. The normalized spacial score (nSPS) is 32.8. The molecule has 0 radical (unpaired) electrons. The molecule has 0 aromatic heterocycles. The number of hydrogen-bond acceptors (Lipinski definition) is 3. The van der Waals surface area contributed by atoms with Crippen LogP contribution < -0.4 is 0 Å². The van der Waals surface area contributed by atoms with E-state index in [1.54, 1.807) is 13.8 Å². The van der Waals surface area contributed by atoms with Gasteiger partial charge in [-0.2, -0.15) is 12.7 Å². The standard InChI is InChI=1S/C5H11NO3S/c1-3-6-4-5(2)9-10(6,7)8/h5H,3-4H2,1-2H3/t5-/m0/s1. The fourth-order valence-electron chi connectivity index (χ4n) is 0.964. The number of likely N-dealkylation sites (N-methyl/N-ethyl adjacent to an activating group) is 1. The minimum Gasteiger partial charge on any atom is -0.253 e. The topological polar surface area (TPSA) is 46.6 Å². The van der Waals surface area contributed by atoms with E-state index in [4.69, 9.17) is 0 Å². The number of nitrogens with zero attached hydrogens (tertiary/aromatic N) is 1. The van der Waals surface area contributed by atoms with Gasteiger partial charge in [0.2, 0.25) is 0 Å². The van der Waals surface area contributed by atoms with Crippen molar-refractivity contribution in [2.45, 2.75) is 20.0 Å². The summed E-state index contributed by atoms with van der Waals surface area (Å²) in [5, 5.41) is 0. The number of hydrogen-bond donors (Lipinski definition) is 0. The lowest BCUT2D eigenvalue weighted by atomic mass is 10.4. The van der Waals surface area contributed by atoms with E-state index in [9.17, 15) is 8.42 Å². The third-order valence-corrected chi connectivity index (χ3v) is 3.03. The molecule has 0 N–H and O–H groups in total. The Bertz CT molecular complexity index is 211. The summed E-state index contributed by atoms with van der Waals surface area (Å²) in [5.74, 6) is 0. The first-order chi connectivity index (χ1) is 4.56. The second kappa shape index (κ2) is 2.48. The molecule has 0 bridgehead atoms. The molecule has 10 heavy (non-hydrogen) atoms. The van der Waals surface area contributed by atoms with Crippen molar-refractivity contribution in [2.75, 3.05) is 13.1 Å². The average molecular weight is 165 g/mol. The fraction of sp³-hybridized carbons (Fsp3) is 1.00. The molecule has 60 valence electrons. The van der Waals surface area contributed by atoms with Gasteiger partial charge in [-0.1, -0.05) is 6.92 Å². The lowest BCUT2D eigenvalue weighted by Crippen LogP contribution is -2.25. The van der Waals surface area contributed by atoms with Crippen LogP contribution in [0.4, 0.5) is 0 Å². The molecule has 0 aliphatic carbocycles. The Kier molecular flexibility index (Phi) is 1.98. The van der Waals surface area contributed by atoms with Crippen molar-refractivity contribution in [3.8, 4) is 0 Å². The number of rotatable bonds is 1. The molecule has 1 saturated heterocycles. The lowest BCUT2D eigenvalue weighted by molar-refractivity contribution is 0.266. The van der Waals surface area contributed by atoms with E-state index < -0.39 is 10.3 Å². The van der Waals surface area contributed by atoms with Crippen LogP contribution in [0.15, 0.2) is 0 Å². The maximum atomic E-state index is 10.9. The summed E-state index contributed by atoms with van der Waals surface area (Å²) in [6.45, 7) is 4.51. The van der Waals surface area contributed by atoms with E-state index >= 15 is 0 Å². The molecule has 1 fully saturated rings. The van der Waals surface area contributed by atoms with Gasteiger partial charge in [0.05, 0.1) is 6.10 Å². The smallest absolute Gasteiger partial charge is 0.253 e. The summed E-state index contributed by atoms with van der Waals surface area (Å²) < 4.78 is 27.8. The highest BCUT2D eigenvalue weighted by molar-refractivity contribution is 7.84. The van der Waals surface area contributed by atoms with Gasteiger partial charge in [0, 0.05) is 13.1 Å². The summed E-state index contributed by atoms with van der Waals surface area (Å²) in [5.41, 5.74) is 0. The lowest BCUT2D eigenvalue weighted by Gasteiger charge is -2.06. The van der Waals surface area contributed by atoms with E-state index in [2.05, 4.69) is 4.18 Å². The van der Waals surface area contributed by atoms with Crippen LogP contribution in [0.1, 0.15) is 13.8 Å². The first kappa shape index (κ1) is 7.97. The van der Waals surface area contributed by atoms with E-state index in [0.717, 1.165) is 0 Å². The van der Waals surface area contributed by atoms with Gasteiger partial charge in [-0.05, 0) is 6.92 Å². The molecular formula is C5H11NO3S. The van der Waals surface area contributed by atoms with Gasteiger partial charge in [-0.15, -0.1) is 0 Å². The third-order valence-electron chi connectivity index (χ3n) is 1.42. The van der Waals surface area contributed by atoms with Crippen LogP contribution >= 0.6 is 0 Å². The first-order valence-electron chi connectivity index (χ1n) is 3.24. The Morgan fingerprint density at radius 2 is 2.30 bits per heavy atom. The van der Waals surface area contributed by atoms with E-state index in [1.165, 1.54) is 4.31 Å². The van der Waals surface area contributed by atoms with E-state index in [0.29, 0.717) is 13.1 Å². The van der Waals surface area contributed by atoms with Crippen LogP contribution in [0.2, 0.25) is 0 Å². The van der Waals surface area contributed by atoms with Crippen LogP contribution in [0.5, 0.6) is 0 Å². The molecule has 0 aromatic rings. The highest BCUT2D eigenvalue weighted by atomic mass is 32.2. The summed E-state index contributed by atoms with van der Waals surface area (Å²) in [4.78, 5) is 0. The van der Waals surface area contributed by atoms with Crippen LogP contribution in [0.25, 0.3) is 0 Å². The molecular weight excluding hydrogens is 154 g/mol. The summed E-state index contributed by atoms with van der Waals surface area (Å²) >= 11 is 0. The Morgan fingerprint density at radius 3 is 2.50 bits per heavy atom. The van der Waals surface area contributed by atoms with Gasteiger partial charge >= 0.3 is 10.3 Å². The van der Waals surface area contributed by atoms with Crippen LogP contribution in [-0.2, 0) is 14.5 Å². The molecule has 1 atom stereocenters. The van der Waals surface area contributed by atoms with Gasteiger partial charge in [-0.3, -0.25) is 4.18 Å². The van der Waals surface area contributed by atoms with Crippen molar-refractivity contribution in [2.24, 2.45) is 0 Å². The largest absolute Gasteiger partial charge is 0.338 e. The molecule has 0 spiro atoms.